The van der Waals surface area contributed by atoms with Crippen molar-refractivity contribution in [3.05, 3.63) is 0 Å². The van der Waals surface area contributed by atoms with E-state index in [-0.39, 0.29) is 6.10 Å². The van der Waals surface area contributed by atoms with E-state index in [1.54, 1.807) is 0 Å². The molecule has 1 rings (SSSR count). The summed E-state index contributed by atoms with van der Waals surface area (Å²) in [5.41, 5.74) is 0. The van der Waals surface area contributed by atoms with E-state index in [0.717, 1.165) is 0 Å². The van der Waals surface area contributed by atoms with Crippen molar-refractivity contribution in [2.75, 3.05) is 26.6 Å². The number of hydrogen-bond donors (Lipinski definition) is 0. The first-order chi connectivity index (χ1) is 4.93. The molecule has 1 aliphatic rings. The van der Waals surface area contributed by atoms with Gasteiger partial charge in [0, 0.05) is 0 Å². The third-order valence-corrected chi connectivity index (χ3v) is 1.18. The summed E-state index contributed by atoms with van der Waals surface area (Å²) in [5, 5.41) is 0. The Balaban J connectivity index is 1.97. The van der Waals surface area contributed by atoms with Gasteiger partial charge in [0.2, 0.25) is 0 Å². The molecule has 3 nitrogen and oxygen atoms in total. The highest BCUT2D eigenvalue weighted by molar-refractivity contribution is 4.83. The van der Waals surface area contributed by atoms with Crippen LogP contribution >= 0.6 is 0 Å². The van der Waals surface area contributed by atoms with Crippen molar-refractivity contribution in [1.82, 2.24) is 0 Å². The average molecular weight is 142 g/mol. The van der Waals surface area contributed by atoms with Crippen molar-refractivity contribution in [2.24, 2.45) is 0 Å². The van der Waals surface area contributed by atoms with Gasteiger partial charge in [-0.15, -0.1) is 6.42 Å². The molecule has 0 aromatic carbocycles. The molecule has 1 fully saturated rings. The normalized spacial score (nSPS) is 24.5. The molecule has 1 atom stereocenters. The summed E-state index contributed by atoms with van der Waals surface area (Å²) in [7, 11) is 0. The van der Waals surface area contributed by atoms with Crippen molar-refractivity contribution in [3.63, 3.8) is 0 Å². The van der Waals surface area contributed by atoms with Crippen LogP contribution in [-0.4, -0.2) is 32.7 Å². The van der Waals surface area contributed by atoms with Crippen LogP contribution in [0.15, 0.2) is 0 Å². The molecule has 0 saturated carbocycles. The molecule has 0 radical (unpaired) electrons. The van der Waals surface area contributed by atoms with Crippen LogP contribution in [0.2, 0.25) is 0 Å². The maximum atomic E-state index is 5.08. The zero-order valence-electron chi connectivity index (χ0n) is 5.71. The van der Waals surface area contributed by atoms with Crippen molar-refractivity contribution in [3.8, 4) is 12.3 Å². The third-order valence-electron chi connectivity index (χ3n) is 1.18. The summed E-state index contributed by atoms with van der Waals surface area (Å²) in [6, 6.07) is 0. The molecule has 0 bridgehead atoms. The number of terminal acetylenes is 1. The molecular formula is C7H10O3. The van der Waals surface area contributed by atoms with E-state index in [0.29, 0.717) is 26.6 Å². The van der Waals surface area contributed by atoms with Gasteiger partial charge < -0.3 is 14.2 Å². The van der Waals surface area contributed by atoms with Crippen LogP contribution in [0, 0.1) is 12.3 Å². The summed E-state index contributed by atoms with van der Waals surface area (Å²) < 4.78 is 15.0. The second-order valence-corrected chi connectivity index (χ2v) is 2.00. The van der Waals surface area contributed by atoms with Gasteiger partial charge in [0.1, 0.15) is 19.5 Å². The SMILES string of the molecule is C#CCOCC1COCO1. The molecular weight excluding hydrogens is 132 g/mol. The maximum Gasteiger partial charge on any atom is 0.147 e. The van der Waals surface area contributed by atoms with Crippen molar-refractivity contribution < 1.29 is 14.2 Å². The van der Waals surface area contributed by atoms with Crippen molar-refractivity contribution in [1.29, 1.82) is 0 Å². The Morgan fingerprint density at radius 3 is 3.20 bits per heavy atom. The quantitative estimate of drug-likeness (QED) is 0.410. The van der Waals surface area contributed by atoms with Crippen LogP contribution in [0.25, 0.3) is 0 Å². The number of ether oxygens (including phenoxy) is 3. The van der Waals surface area contributed by atoms with Gasteiger partial charge >= 0.3 is 0 Å². The van der Waals surface area contributed by atoms with E-state index < -0.39 is 0 Å². The van der Waals surface area contributed by atoms with E-state index in [9.17, 15) is 0 Å². The monoisotopic (exact) mass is 142 g/mol. The molecule has 56 valence electrons. The molecule has 10 heavy (non-hydrogen) atoms. The lowest BCUT2D eigenvalue weighted by Crippen LogP contribution is -2.17. The predicted octanol–water partition coefficient (Wildman–Crippen LogP) is 0.00910. The molecule has 3 heteroatoms. The van der Waals surface area contributed by atoms with Crippen LogP contribution in [0.3, 0.4) is 0 Å². The molecule has 0 spiro atoms. The molecule has 1 aliphatic heterocycles. The van der Waals surface area contributed by atoms with E-state index >= 15 is 0 Å². The first-order valence-electron chi connectivity index (χ1n) is 3.14. The topological polar surface area (TPSA) is 27.7 Å². The van der Waals surface area contributed by atoms with Crippen molar-refractivity contribution >= 4 is 0 Å². The van der Waals surface area contributed by atoms with Gasteiger partial charge in [-0.25, -0.2) is 0 Å². The van der Waals surface area contributed by atoms with Crippen LogP contribution in [0.4, 0.5) is 0 Å². The third kappa shape index (κ3) is 2.36. The molecule has 0 aromatic heterocycles. The molecule has 1 saturated heterocycles. The first-order valence-corrected chi connectivity index (χ1v) is 3.14. The van der Waals surface area contributed by atoms with Crippen molar-refractivity contribution in [2.45, 2.75) is 6.10 Å². The largest absolute Gasteiger partial charge is 0.366 e. The van der Waals surface area contributed by atoms with Gasteiger partial charge in [0.05, 0.1) is 13.2 Å². The molecule has 0 aliphatic carbocycles. The van der Waals surface area contributed by atoms with Gasteiger partial charge in [-0.2, -0.15) is 0 Å². The molecule has 0 amide bonds. The highest BCUT2D eigenvalue weighted by atomic mass is 16.7. The smallest absolute Gasteiger partial charge is 0.147 e. The summed E-state index contributed by atoms with van der Waals surface area (Å²) >= 11 is 0. The highest BCUT2D eigenvalue weighted by Crippen LogP contribution is 2.02. The summed E-state index contributed by atoms with van der Waals surface area (Å²) in [4.78, 5) is 0. The van der Waals surface area contributed by atoms with Gasteiger partial charge in [-0.05, 0) is 0 Å². The lowest BCUT2D eigenvalue weighted by Gasteiger charge is -2.04. The predicted molar refractivity (Wildman–Crippen MR) is 35.3 cm³/mol. The lowest BCUT2D eigenvalue weighted by atomic mass is 10.4. The van der Waals surface area contributed by atoms with Crippen LogP contribution in [-0.2, 0) is 14.2 Å². The van der Waals surface area contributed by atoms with E-state index in [4.69, 9.17) is 20.6 Å². The summed E-state index contributed by atoms with van der Waals surface area (Å²) in [6.45, 7) is 1.87. The van der Waals surface area contributed by atoms with Crippen LogP contribution < -0.4 is 0 Å². The molecule has 0 aromatic rings. The lowest BCUT2D eigenvalue weighted by molar-refractivity contribution is 0.0121. The first kappa shape index (κ1) is 7.55. The zero-order chi connectivity index (χ0) is 7.23. The van der Waals surface area contributed by atoms with E-state index in [1.165, 1.54) is 0 Å². The van der Waals surface area contributed by atoms with Gasteiger partial charge in [-0.3, -0.25) is 0 Å². The fraction of sp³-hybridized carbons (Fsp3) is 0.714. The molecule has 1 heterocycles. The molecule has 0 N–H and O–H groups in total. The number of hydrogen-bond acceptors (Lipinski definition) is 3. The van der Waals surface area contributed by atoms with Crippen LogP contribution in [0.1, 0.15) is 0 Å². The van der Waals surface area contributed by atoms with Crippen LogP contribution in [0.5, 0.6) is 0 Å². The van der Waals surface area contributed by atoms with E-state index in [1.807, 2.05) is 0 Å². The minimum Gasteiger partial charge on any atom is -0.366 e. The maximum absolute atomic E-state index is 5.08. The average Bonchev–Trinajstić information content (AvgIpc) is 2.41. The summed E-state index contributed by atoms with van der Waals surface area (Å²) in [6.07, 6.45) is 5.04. The van der Waals surface area contributed by atoms with Gasteiger partial charge in [0.25, 0.3) is 0 Å². The Hall–Kier alpha value is -0.560. The minimum atomic E-state index is 0.0772. The number of rotatable bonds is 3. The second kappa shape index (κ2) is 4.29. The van der Waals surface area contributed by atoms with Gasteiger partial charge in [-0.1, -0.05) is 5.92 Å². The van der Waals surface area contributed by atoms with Gasteiger partial charge in [0.15, 0.2) is 0 Å². The fourth-order valence-electron chi connectivity index (χ4n) is 0.718. The minimum absolute atomic E-state index is 0.0772. The Kier molecular flexibility index (Phi) is 3.23. The Labute approximate surface area is 60.3 Å². The fourth-order valence-corrected chi connectivity index (χ4v) is 0.718. The Bertz CT molecular complexity index is 121. The highest BCUT2D eigenvalue weighted by Gasteiger charge is 2.15. The second-order valence-electron chi connectivity index (χ2n) is 2.00. The molecule has 1 unspecified atom stereocenters. The van der Waals surface area contributed by atoms with E-state index in [2.05, 4.69) is 5.92 Å². The summed E-state index contributed by atoms with van der Waals surface area (Å²) in [5.74, 6) is 2.37. The standard InChI is InChI=1S/C7H10O3/c1-2-3-8-4-7-5-9-6-10-7/h1,7H,3-6H2. The Morgan fingerprint density at radius 2 is 2.60 bits per heavy atom. The zero-order valence-corrected chi connectivity index (χ0v) is 5.71. The Morgan fingerprint density at radius 1 is 1.70 bits per heavy atom.